The maximum atomic E-state index is 12.5. The molecule has 1 aromatic heterocycles. The van der Waals surface area contributed by atoms with E-state index in [-0.39, 0.29) is 11.8 Å². The molecule has 7 heteroatoms. The molecule has 0 saturated carbocycles. The van der Waals surface area contributed by atoms with Crippen molar-refractivity contribution in [3.05, 3.63) is 36.0 Å². The van der Waals surface area contributed by atoms with Crippen LogP contribution in [0.25, 0.3) is 11.3 Å². The summed E-state index contributed by atoms with van der Waals surface area (Å²) in [6.45, 7) is 0.895. The van der Waals surface area contributed by atoms with Gasteiger partial charge in [0.2, 0.25) is 0 Å². The van der Waals surface area contributed by atoms with E-state index in [4.69, 9.17) is 9.84 Å². The number of hydrogen-bond donors (Lipinski definition) is 2. The van der Waals surface area contributed by atoms with Gasteiger partial charge in [-0.25, -0.2) is 0 Å². The van der Waals surface area contributed by atoms with Crippen LogP contribution in [-0.4, -0.2) is 52.3 Å². The number of carboxylic acid groups (broad SMARTS) is 1. The number of amides is 1. The number of benzene rings is 1. The van der Waals surface area contributed by atoms with Gasteiger partial charge in [0.1, 0.15) is 11.4 Å². The third-order valence-electron chi connectivity index (χ3n) is 4.31. The van der Waals surface area contributed by atoms with Gasteiger partial charge in [-0.2, -0.15) is 5.10 Å². The molecule has 2 heterocycles. The summed E-state index contributed by atoms with van der Waals surface area (Å²) >= 11 is 0. The van der Waals surface area contributed by atoms with Crippen LogP contribution < -0.4 is 4.74 Å². The molecular weight excluding hydrogens is 310 g/mol. The van der Waals surface area contributed by atoms with Crippen molar-refractivity contribution >= 4 is 11.9 Å². The number of carboxylic acids is 1. The molecule has 24 heavy (non-hydrogen) atoms. The molecule has 1 aromatic carbocycles. The molecule has 1 aliphatic heterocycles. The van der Waals surface area contributed by atoms with Gasteiger partial charge in [0.05, 0.1) is 18.7 Å². The number of likely N-dealkylation sites (tertiary alicyclic amines) is 1. The first kappa shape index (κ1) is 16.0. The molecule has 0 atom stereocenters. The molecule has 0 unspecified atom stereocenters. The van der Waals surface area contributed by atoms with Gasteiger partial charge >= 0.3 is 5.97 Å². The van der Waals surface area contributed by atoms with Gasteiger partial charge in [-0.15, -0.1) is 0 Å². The molecule has 1 aliphatic rings. The number of nitrogens with one attached hydrogen (secondary N) is 1. The first-order chi connectivity index (χ1) is 11.6. The zero-order valence-corrected chi connectivity index (χ0v) is 13.4. The fourth-order valence-electron chi connectivity index (χ4n) is 2.86. The highest BCUT2D eigenvalue weighted by Crippen LogP contribution is 2.24. The summed E-state index contributed by atoms with van der Waals surface area (Å²) in [6, 6.07) is 9.16. The van der Waals surface area contributed by atoms with Gasteiger partial charge in [-0.1, -0.05) is 12.1 Å². The summed E-state index contributed by atoms with van der Waals surface area (Å²) in [5, 5.41) is 16.0. The fraction of sp³-hybridized carbons (Fsp3) is 0.353. The van der Waals surface area contributed by atoms with Crippen LogP contribution in [0.3, 0.4) is 0 Å². The van der Waals surface area contributed by atoms with Gasteiger partial charge in [-0.3, -0.25) is 14.7 Å². The number of aliphatic carboxylic acids is 1. The number of carbonyl (C=O) groups is 2. The fourth-order valence-corrected chi connectivity index (χ4v) is 2.86. The van der Waals surface area contributed by atoms with Crippen molar-refractivity contribution in [2.75, 3.05) is 20.2 Å². The number of aromatic amines is 1. The number of nitrogens with zero attached hydrogens (tertiary/aromatic N) is 2. The van der Waals surface area contributed by atoms with E-state index in [1.54, 1.807) is 18.1 Å². The second kappa shape index (κ2) is 6.74. The van der Waals surface area contributed by atoms with Crippen LogP contribution in [-0.2, 0) is 4.79 Å². The maximum absolute atomic E-state index is 12.5. The monoisotopic (exact) mass is 329 g/mol. The quantitative estimate of drug-likeness (QED) is 0.895. The van der Waals surface area contributed by atoms with Gasteiger partial charge in [0, 0.05) is 18.7 Å². The van der Waals surface area contributed by atoms with Crippen LogP contribution in [0, 0.1) is 5.92 Å². The Bertz CT molecular complexity index is 748. The number of H-pyrrole nitrogens is 1. The molecule has 2 N–H and O–H groups in total. The first-order valence-electron chi connectivity index (χ1n) is 7.80. The zero-order valence-electron chi connectivity index (χ0n) is 13.4. The lowest BCUT2D eigenvalue weighted by Gasteiger charge is -2.29. The molecule has 126 valence electrons. The van der Waals surface area contributed by atoms with E-state index in [1.807, 2.05) is 24.3 Å². The number of aromatic nitrogens is 2. The molecule has 0 radical (unpaired) electrons. The van der Waals surface area contributed by atoms with E-state index in [2.05, 4.69) is 10.2 Å². The number of carbonyl (C=O) groups excluding carboxylic acids is 1. The molecule has 2 aromatic rings. The highest BCUT2D eigenvalue weighted by atomic mass is 16.5. The average molecular weight is 329 g/mol. The summed E-state index contributed by atoms with van der Waals surface area (Å²) in [5.41, 5.74) is 1.92. The Morgan fingerprint density at radius 1 is 1.29 bits per heavy atom. The lowest BCUT2D eigenvalue weighted by atomic mass is 9.97. The minimum atomic E-state index is -0.788. The standard InChI is InChI=1S/C17H19N3O4/c1-24-13-4-2-3-12(9-13)14-10-15(19-18-14)16(21)20-7-5-11(6-8-20)17(22)23/h2-4,9-11H,5-8H2,1H3,(H,18,19)(H,22,23). The van der Waals surface area contributed by atoms with E-state index < -0.39 is 5.97 Å². The smallest absolute Gasteiger partial charge is 0.306 e. The Balaban J connectivity index is 1.71. The van der Waals surface area contributed by atoms with Crippen LogP contribution in [0.1, 0.15) is 23.3 Å². The third-order valence-corrected chi connectivity index (χ3v) is 4.31. The molecule has 0 bridgehead atoms. The SMILES string of the molecule is COc1cccc(-c2cc(C(=O)N3CCC(C(=O)O)CC3)[nH]n2)c1. The Kier molecular flexibility index (Phi) is 4.50. The molecule has 0 aliphatic carbocycles. The molecule has 3 rings (SSSR count). The lowest BCUT2D eigenvalue weighted by Crippen LogP contribution is -2.40. The summed E-state index contributed by atoms with van der Waals surface area (Å²) < 4.78 is 5.19. The number of ether oxygens (including phenoxy) is 1. The predicted molar refractivity (Wildman–Crippen MR) is 86.8 cm³/mol. The predicted octanol–water partition coefficient (Wildman–Crippen LogP) is 2.02. The number of hydrogen-bond acceptors (Lipinski definition) is 4. The third kappa shape index (κ3) is 3.24. The lowest BCUT2D eigenvalue weighted by molar-refractivity contribution is -0.143. The number of rotatable bonds is 4. The van der Waals surface area contributed by atoms with E-state index in [0.717, 1.165) is 11.3 Å². The second-order valence-electron chi connectivity index (χ2n) is 5.80. The number of piperidine rings is 1. The summed E-state index contributed by atoms with van der Waals surface area (Å²) in [5.74, 6) is -0.577. The molecule has 1 saturated heterocycles. The molecule has 7 nitrogen and oxygen atoms in total. The Morgan fingerprint density at radius 3 is 2.71 bits per heavy atom. The van der Waals surface area contributed by atoms with Crippen molar-refractivity contribution < 1.29 is 19.4 Å². The first-order valence-corrected chi connectivity index (χ1v) is 7.80. The van der Waals surface area contributed by atoms with Crippen LogP contribution in [0.4, 0.5) is 0 Å². The van der Waals surface area contributed by atoms with Crippen molar-refractivity contribution in [2.24, 2.45) is 5.92 Å². The second-order valence-corrected chi connectivity index (χ2v) is 5.80. The molecule has 0 spiro atoms. The van der Waals surface area contributed by atoms with Crippen molar-refractivity contribution in [2.45, 2.75) is 12.8 Å². The molecular formula is C17H19N3O4. The minimum Gasteiger partial charge on any atom is -0.497 e. The van der Waals surface area contributed by atoms with E-state index in [9.17, 15) is 9.59 Å². The van der Waals surface area contributed by atoms with Crippen molar-refractivity contribution in [1.29, 1.82) is 0 Å². The maximum Gasteiger partial charge on any atom is 0.306 e. The summed E-state index contributed by atoms with van der Waals surface area (Å²) in [6.07, 6.45) is 0.968. The molecule has 1 amide bonds. The van der Waals surface area contributed by atoms with Crippen molar-refractivity contribution in [3.63, 3.8) is 0 Å². The van der Waals surface area contributed by atoms with Gasteiger partial charge in [0.25, 0.3) is 5.91 Å². The minimum absolute atomic E-state index is 0.152. The summed E-state index contributed by atoms with van der Waals surface area (Å²) in [7, 11) is 1.60. The van der Waals surface area contributed by atoms with Crippen LogP contribution >= 0.6 is 0 Å². The van der Waals surface area contributed by atoms with Crippen LogP contribution in [0.5, 0.6) is 5.75 Å². The Labute approximate surface area is 139 Å². The van der Waals surface area contributed by atoms with E-state index in [1.165, 1.54) is 0 Å². The van der Waals surface area contributed by atoms with E-state index in [0.29, 0.717) is 37.3 Å². The van der Waals surface area contributed by atoms with Crippen molar-refractivity contribution in [3.8, 4) is 17.0 Å². The normalized spacial score (nSPS) is 15.3. The molecule has 1 fully saturated rings. The van der Waals surface area contributed by atoms with E-state index >= 15 is 0 Å². The highest BCUT2D eigenvalue weighted by molar-refractivity contribution is 5.93. The summed E-state index contributed by atoms with van der Waals surface area (Å²) in [4.78, 5) is 25.2. The Morgan fingerprint density at radius 2 is 2.04 bits per heavy atom. The van der Waals surface area contributed by atoms with Crippen LogP contribution in [0.15, 0.2) is 30.3 Å². The Hall–Kier alpha value is -2.83. The average Bonchev–Trinajstić information content (AvgIpc) is 3.11. The number of methoxy groups -OCH3 is 1. The highest BCUT2D eigenvalue weighted by Gasteiger charge is 2.28. The van der Waals surface area contributed by atoms with Gasteiger partial charge in [0.15, 0.2) is 0 Å². The zero-order chi connectivity index (χ0) is 17.1. The van der Waals surface area contributed by atoms with Crippen LogP contribution in [0.2, 0.25) is 0 Å². The largest absolute Gasteiger partial charge is 0.497 e. The van der Waals surface area contributed by atoms with Gasteiger partial charge < -0.3 is 14.7 Å². The van der Waals surface area contributed by atoms with Crippen molar-refractivity contribution in [1.82, 2.24) is 15.1 Å². The van der Waals surface area contributed by atoms with Gasteiger partial charge in [-0.05, 0) is 31.0 Å². The topological polar surface area (TPSA) is 95.5 Å².